The minimum absolute atomic E-state index is 0.182. The minimum atomic E-state index is -0.199. The maximum Gasteiger partial charge on any atom is 0.257 e. The van der Waals surface area contributed by atoms with E-state index >= 15 is 0 Å². The number of pyridine rings is 1. The third-order valence-electron chi connectivity index (χ3n) is 3.38. The first-order chi connectivity index (χ1) is 9.88. The number of carbonyl (C=O) groups is 1. The van der Waals surface area contributed by atoms with E-state index in [1.54, 1.807) is 24.5 Å². The van der Waals surface area contributed by atoms with Crippen molar-refractivity contribution in [3.63, 3.8) is 0 Å². The van der Waals surface area contributed by atoms with Gasteiger partial charge >= 0.3 is 0 Å². The zero-order valence-electron chi connectivity index (χ0n) is 12.8. The smallest absolute Gasteiger partial charge is 0.257 e. The highest BCUT2D eigenvalue weighted by atomic mass is 16.3. The zero-order chi connectivity index (χ0) is 15.6. The van der Waals surface area contributed by atoms with Crippen LogP contribution in [0.2, 0.25) is 0 Å². The Morgan fingerprint density at radius 3 is 2.52 bits per heavy atom. The summed E-state index contributed by atoms with van der Waals surface area (Å²) < 4.78 is 0. The fourth-order valence-corrected chi connectivity index (χ4v) is 2.18. The number of aromatic hydroxyl groups is 1. The molecule has 0 fully saturated rings. The topological polar surface area (TPSA) is 62.2 Å². The van der Waals surface area contributed by atoms with Crippen molar-refractivity contribution in [1.29, 1.82) is 0 Å². The van der Waals surface area contributed by atoms with Crippen LogP contribution in [-0.2, 0) is 0 Å². The number of amides is 1. The summed E-state index contributed by atoms with van der Waals surface area (Å²) in [7, 11) is 0. The van der Waals surface area contributed by atoms with Crippen LogP contribution in [0, 0.1) is 13.8 Å². The molecule has 0 aliphatic carbocycles. The fraction of sp³-hybridized carbons (Fsp3) is 0.294. The molecule has 110 valence electrons. The molecule has 2 rings (SSSR count). The first kappa shape index (κ1) is 15.0. The zero-order valence-corrected chi connectivity index (χ0v) is 12.8. The van der Waals surface area contributed by atoms with Crippen LogP contribution < -0.4 is 5.32 Å². The Labute approximate surface area is 124 Å². The van der Waals surface area contributed by atoms with Crippen molar-refractivity contribution in [2.75, 3.05) is 5.32 Å². The summed E-state index contributed by atoms with van der Waals surface area (Å²) in [6.45, 7) is 7.75. The summed E-state index contributed by atoms with van der Waals surface area (Å²) in [6.07, 6.45) is 3.25. The van der Waals surface area contributed by atoms with Gasteiger partial charge in [0.1, 0.15) is 5.75 Å². The number of nitrogens with one attached hydrogen (secondary N) is 1. The Hall–Kier alpha value is -2.36. The van der Waals surface area contributed by atoms with Crippen molar-refractivity contribution < 1.29 is 9.90 Å². The van der Waals surface area contributed by atoms with E-state index in [1.807, 2.05) is 33.8 Å². The van der Waals surface area contributed by atoms with E-state index in [0.717, 1.165) is 16.7 Å². The Morgan fingerprint density at radius 2 is 1.90 bits per heavy atom. The SMILES string of the molecule is Cc1cncc(C(=O)Nc2cc(C(C)C)c(O)cc2C)c1. The van der Waals surface area contributed by atoms with Crippen LogP contribution >= 0.6 is 0 Å². The van der Waals surface area contributed by atoms with E-state index in [2.05, 4.69) is 10.3 Å². The molecule has 0 radical (unpaired) electrons. The largest absolute Gasteiger partial charge is 0.508 e. The van der Waals surface area contributed by atoms with Crippen LogP contribution in [0.4, 0.5) is 5.69 Å². The van der Waals surface area contributed by atoms with Gasteiger partial charge in [-0.2, -0.15) is 0 Å². The number of hydrogen-bond acceptors (Lipinski definition) is 3. The molecule has 0 aliphatic rings. The highest BCUT2D eigenvalue weighted by Crippen LogP contribution is 2.31. The molecule has 0 saturated carbocycles. The molecule has 0 saturated heterocycles. The average molecular weight is 284 g/mol. The van der Waals surface area contributed by atoms with Gasteiger partial charge in [0.25, 0.3) is 5.91 Å². The Balaban J connectivity index is 2.31. The van der Waals surface area contributed by atoms with Crippen molar-refractivity contribution in [2.24, 2.45) is 0 Å². The lowest BCUT2D eigenvalue weighted by Gasteiger charge is -2.14. The Morgan fingerprint density at radius 1 is 1.19 bits per heavy atom. The lowest BCUT2D eigenvalue weighted by atomic mass is 9.99. The Bertz CT molecular complexity index is 678. The van der Waals surface area contributed by atoms with Gasteiger partial charge in [-0.15, -0.1) is 0 Å². The van der Waals surface area contributed by atoms with Gasteiger partial charge in [0.15, 0.2) is 0 Å². The minimum Gasteiger partial charge on any atom is -0.508 e. The number of nitrogens with zero attached hydrogens (tertiary/aromatic N) is 1. The second-order valence-corrected chi connectivity index (χ2v) is 5.59. The number of aromatic nitrogens is 1. The molecule has 4 nitrogen and oxygen atoms in total. The molecule has 0 unspecified atom stereocenters. The molecule has 1 aromatic heterocycles. The third kappa shape index (κ3) is 3.40. The van der Waals surface area contributed by atoms with E-state index in [9.17, 15) is 9.90 Å². The van der Waals surface area contributed by atoms with Gasteiger partial charge in [0, 0.05) is 18.1 Å². The molecule has 1 aromatic carbocycles. The third-order valence-corrected chi connectivity index (χ3v) is 3.38. The number of anilines is 1. The number of phenols is 1. The first-order valence-electron chi connectivity index (χ1n) is 6.95. The quantitative estimate of drug-likeness (QED) is 0.843. The molecule has 2 aromatic rings. The molecule has 1 heterocycles. The molecule has 0 aliphatic heterocycles. The summed E-state index contributed by atoms with van der Waals surface area (Å²) in [5.74, 6) is 0.245. The Kier molecular flexibility index (Phi) is 4.26. The summed E-state index contributed by atoms with van der Waals surface area (Å²) in [4.78, 5) is 16.3. The molecular weight excluding hydrogens is 264 g/mol. The molecular formula is C17H20N2O2. The standard InChI is InChI=1S/C17H20N2O2/c1-10(2)14-7-15(12(4)6-16(14)20)19-17(21)13-5-11(3)8-18-9-13/h5-10,20H,1-4H3,(H,19,21). The molecule has 0 spiro atoms. The van der Waals surface area contributed by atoms with Gasteiger partial charge in [0.2, 0.25) is 0 Å². The van der Waals surface area contributed by atoms with Gasteiger partial charge in [0.05, 0.1) is 5.56 Å². The molecule has 4 heteroatoms. The van der Waals surface area contributed by atoms with Crippen molar-refractivity contribution >= 4 is 11.6 Å². The van der Waals surface area contributed by atoms with Crippen LogP contribution in [0.1, 0.15) is 46.8 Å². The monoisotopic (exact) mass is 284 g/mol. The van der Waals surface area contributed by atoms with E-state index < -0.39 is 0 Å². The van der Waals surface area contributed by atoms with Crippen molar-refractivity contribution in [3.8, 4) is 5.75 Å². The van der Waals surface area contributed by atoms with Crippen molar-refractivity contribution in [1.82, 2.24) is 4.98 Å². The van der Waals surface area contributed by atoms with Gasteiger partial charge in [-0.1, -0.05) is 13.8 Å². The highest BCUT2D eigenvalue weighted by Gasteiger charge is 2.13. The van der Waals surface area contributed by atoms with E-state index in [1.165, 1.54) is 0 Å². The van der Waals surface area contributed by atoms with Gasteiger partial charge in [-0.3, -0.25) is 9.78 Å². The second kappa shape index (κ2) is 5.95. The van der Waals surface area contributed by atoms with Crippen LogP contribution in [-0.4, -0.2) is 16.0 Å². The number of rotatable bonds is 3. The number of hydrogen-bond donors (Lipinski definition) is 2. The van der Waals surface area contributed by atoms with E-state index in [0.29, 0.717) is 11.3 Å². The molecule has 1 amide bonds. The second-order valence-electron chi connectivity index (χ2n) is 5.59. The summed E-state index contributed by atoms with van der Waals surface area (Å²) in [5.41, 5.74) is 3.81. The maximum atomic E-state index is 12.3. The summed E-state index contributed by atoms with van der Waals surface area (Å²) in [6, 6.07) is 5.30. The van der Waals surface area contributed by atoms with Crippen LogP contribution in [0.5, 0.6) is 5.75 Å². The summed E-state index contributed by atoms with van der Waals surface area (Å²) >= 11 is 0. The van der Waals surface area contributed by atoms with Crippen LogP contribution in [0.25, 0.3) is 0 Å². The molecule has 0 atom stereocenters. The van der Waals surface area contributed by atoms with E-state index in [-0.39, 0.29) is 17.6 Å². The van der Waals surface area contributed by atoms with E-state index in [4.69, 9.17) is 0 Å². The van der Waals surface area contributed by atoms with Gasteiger partial charge in [-0.05, 0) is 54.7 Å². The highest BCUT2D eigenvalue weighted by molar-refractivity contribution is 6.04. The maximum absolute atomic E-state index is 12.3. The summed E-state index contributed by atoms with van der Waals surface area (Å²) in [5, 5.41) is 12.8. The average Bonchev–Trinajstić information content (AvgIpc) is 2.41. The predicted molar refractivity (Wildman–Crippen MR) is 83.9 cm³/mol. The predicted octanol–water partition coefficient (Wildman–Crippen LogP) is 3.78. The van der Waals surface area contributed by atoms with Crippen molar-refractivity contribution in [2.45, 2.75) is 33.6 Å². The lowest BCUT2D eigenvalue weighted by Crippen LogP contribution is -2.13. The fourth-order valence-electron chi connectivity index (χ4n) is 2.18. The van der Waals surface area contributed by atoms with Crippen molar-refractivity contribution in [3.05, 3.63) is 52.8 Å². The molecule has 2 N–H and O–H groups in total. The number of phenolic OH excluding ortho intramolecular Hbond substituents is 1. The molecule has 0 bridgehead atoms. The molecule has 21 heavy (non-hydrogen) atoms. The van der Waals surface area contributed by atoms with Crippen LogP contribution in [0.3, 0.4) is 0 Å². The van der Waals surface area contributed by atoms with Crippen LogP contribution in [0.15, 0.2) is 30.6 Å². The number of benzene rings is 1. The number of carbonyl (C=O) groups excluding carboxylic acids is 1. The van der Waals surface area contributed by atoms with Gasteiger partial charge < -0.3 is 10.4 Å². The first-order valence-corrected chi connectivity index (χ1v) is 6.95. The number of aryl methyl sites for hydroxylation is 2. The lowest BCUT2D eigenvalue weighted by molar-refractivity contribution is 0.102. The van der Waals surface area contributed by atoms with Gasteiger partial charge in [-0.25, -0.2) is 0 Å². The normalized spacial score (nSPS) is 10.7.